The third kappa shape index (κ3) is 3.87. The molecule has 2 nitrogen and oxygen atoms in total. The molecule has 3 rings (SSSR count). The van der Waals surface area contributed by atoms with Gasteiger partial charge in [-0.1, -0.05) is 49.1 Å². The number of benzene rings is 1. The molecule has 0 amide bonds. The summed E-state index contributed by atoms with van der Waals surface area (Å²) < 4.78 is 0. The average Bonchev–Trinajstić information content (AvgIpc) is 2.51. The van der Waals surface area contributed by atoms with Gasteiger partial charge in [0.15, 0.2) is 0 Å². The summed E-state index contributed by atoms with van der Waals surface area (Å²) >= 11 is 0. The molecule has 0 radical (unpaired) electrons. The van der Waals surface area contributed by atoms with Gasteiger partial charge in [-0.2, -0.15) is 0 Å². The summed E-state index contributed by atoms with van der Waals surface area (Å²) in [5.74, 6) is 0.907. The molecule has 1 aromatic rings. The Labute approximate surface area is 129 Å². The summed E-state index contributed by atoms with van der Waals surface area (Å²) in [5.41, 5.74) is 2.83. The van der Waals surface area contributed by atoms with E-state index in [0.717, 1.165) is 18.5 Å². The molecule has 2 atom stereocenters. The molecule has 21 heavy (non-hydrogen) atoms. The largest absolute Gasteiger partial charge is 0.311 e. The molecule has 1 heterocycles. The van der Waals surface area contributed by atoms with Gasteiger partial charge in [0.25, 0.3) is 0 Å². The number of nitrogens with zero attached hydrogens (tertiary/aromatic N) is 1. The number of piperazine rings is 1. The summed E-state index contributed by atoms with van der Waals surface area (Å²) in [7, 11) is 0. The Balaban J connectivity index is 1.69. The fourth-order valence-electron chi connectivity index (χ4n) is 4.10. The quantitative estimate of drug-likeness (QED) is 0.910. The van der Waals surface area contributed by atoms with E-state index >= 15 is 0 Å². The molecule has 0 bridgehead atoms. The van der Waals surface area contributed by atoms with Crippen molar-refractivity contribution in [2.45, 2.75) is 64.6 Å². The number of hydrogen-bond donors (Lipinski definition) is 1. The van der Waals surface area contributed by atoms with Gasteiger partial charge >= 0.3 is 0 Å². The zero-order valence-corrected chi connectivity index (χ0v) is 13.6. The molecular formula is C19H30N2. The Kier molecular flexibility index (Phi) is 4.97. The van der Waals surface area contributed by atoms with E-state index in [4.69, 9.17) is 0 Å². The second-order valence-corrected chi connectivity index (χ2v) is 7.19. The Hall–Kier alpha value is -0.860. The Morgan fingerprint density at radius 3 is 2.52 bits per heavy atom. The first-order chi connectivity index (χ1) is 10.2. The fraction of sp³-hybridized carbons (Fsp3) is 0.684. The maximum atomic E-state index is 3.71. The average molecular weight is 286 g/mol. The van der Waals surface area contributed by atoms with E-state index in [1.54, 1.807) is 0 Å². The van der Waals surface area contributed by atoms with Crippen molar-refractivity contribution in [1.29, 1.82) is 0 Å². The van der Waals surface area contributed by atoms with E-state index in [9.17, 15) is 0 Å². The van der Waals surface area contributed by atoms with Crippen LogP contribution in [0.25, 0.3) is 0 Å². The van der Waals surface area contributed by atoms with Crippen LogP contribution in [0.2, 0.25) is 0 Å². The highest BCUT2D eigenvalue weighted by atomic mass is 15.2. The van der Waals surface area contributed by atoms with Crippen molar-refractivity contribution in [1.82, 2.24) is 10.2 Å². The van der Waals surface area contributed by atoms with Crippen LogP contribution in [-0.2, 0) is 6.54 Å². The molecule has 1 N–H and O–H groups in total. The lowest BCUT2D eigenvalue weighted by molar-refractivity contribution is 0.0689. The lowest BCUT2D eigenvalue weighted by atomic mass is 9.82. The van der Waals surface area contributed by atoms with Crippen molar-refractivity contribution in [3.8, 4) is 0 Å². The van der Waals surface area contributed by atoms with Gasteiger partial charge in [0.2, 0.25) is 0 Å². The highest BCUT2D eigenvalue weighted by Gasteiger charge is 2.32. The first-order valence-corrected chi connectivity index (χ1v) is 8.75. The van der Waals surface area contributed by atoms with E-state index in [2.05, 4.69) is 48.3 Å². The second-order valence-electron chi connectivity index (χ2n) is 7.19. The molecule has 116 valence electrons. The number of aryl methyl sites for hydroxylation is 1. The summed E-state index contributed by atoms with van der Waals surface area (Å²) in [5, 5.41) is 3.71. The number of nitrogens with one attached hydrogen (secondary N) is 1. The molecule has 1 aliphatic heterocycles. The van der Waals surface area contributed by atoms with Crippen molar-refractivity contribution < 1.29 is 0 Å². The summed E-state index contributed by atoms with van der Waals surface area (Å²) in [6.07, 6.45) is 7.20. The fourth-order valence-corrected chi connectivity index (χ4v) is 4.10. The lowest BCUT2D eigenvalue weighted by Gasteiger charge is -2.44. The predicted octanol–water partition coefficient (Wildman–Crippen LogP) is 3.74. The second kappa shape index (κ2) is 6.93. The number of hydrogen-bond acceptors (Lipinski definition) is 2. The lowest BCUT2D eigenvalue weighted by Crippen LogP contribution is -2.57. The smallest absolute Gasteiger partial charge is 0.0253 e. The minimum Gasteiger partial charge on any atom is -0.311 e. The minimum atomic E-state index is 0.621. The van der Waals surface area contributed by atoms with E-state index in [0.29, 0.717) is 6.04 Å². The Morgan fingerprint density at radius 2 is 1.81 bits per heavy atom. The van der Waals surface area contributed by atoms with Crippen LogP contribution in [0.3, 0.4) is 0 Å². The SMILES string of the molecule is Cc1ccc(CN2CC(C)NCC2C2CCCCC2)cc1. The topological polar surface area (TPSA) is 15.3 Å². The zero-order valence-electron chi connectivity index (χ0n) is 13.6. The highest BCUT2D eigenvalue weighted by Crippen LogP contribution is 2.31. The third-order valence-electron chi connectivity index (χ3n) is 5.35. The first-order valence-electron chi connectivity index (χ1n) is 8.75. The van der Waals surface area contributed by atoms with Crippen LogP contribution in [0.15, 0.2) is 24.3 Å². The van der Waals surface area contributed by atoms with Crippen LogP contribution < -0.4 is 5.32 Å². The van der Waals surface area contributed by atoms with Crippen LogP contribution in [0.5, 0.6) is 0 Å². The van der Waals surface area contributed by atoms with Crippen molar-refractivity contribution >= 4 is 0 Å². The zero-order chi connectivity index (χ0) is 14.7. The van der Waals surface area contributed by atoms with Crippen molar-refractivity contribution in [2.24, 2.45) is 5.92 Å². The van der Waals surface area contributed by atoms with Crippen LogP contribution in [-0.4, -0.2) is 30.1 Å². The normalized spacial score (nSPS) is 28.7. The van der Waals surface area contributed by atoms with Crippen LogP contribution in [0.4, 0.5) is 0 Å². The van der Waals surface area contributed by atoms with Gasteiger partial charge in [0.05, 0.1) is 0 Å². The molecule has 2 heteroatoms. The van der Waals surface area contributed by atoms with Gasteiger partial charge in [-0.3, -0.25) is 4.90 Å². The van der Waals surface area contributed by atoms with Crippen LogP contribution in [0, 0.1) is 12.8 Å². The summed E-state index contributed by atoms with van der Waals surface area (Å²) in [6, 6.07) is 10.5. The van der Waals surface area contributed by atoms with Crippen molar-refractivity contribution in [2.75, 3.05) is 13.1 Å². The molecule has 1 saturated carbocycles. The molecule has 1 aliphatic carbocycles. The maximum absolute atomic E-state index is 3.71. The van der Waals surface area contributed by atoms with Gasteiger partial charge in [-0.15, -0.1) is 0 Å². The van der Waals surface area contributed by atoms with Gasteiger partial charge in [0, 0.05) is 31.7 Å². The van der Waals surface area contributed by atoms with E-state index < -0.39 is 0 Å². The maximum Gasteiger partial charge on any atom is 0.0253 e. The van der Waals surface area contributed by atoms with Gasteiger partial charge in [-0.05, 0) is 38.2 Å². The molecule has 0 spiro atoms. The monoisotopic (exact) mass is 286 g/mol. The molecule has 2 fully saturated rings. The van der Waals surface area contributed by atoms with E-state index in [1.807, 2.05) is 0 Å². The molecule has 0 aromatic heterocycles. The standard InChI is InChI=1S/C19H30N2/c1-15-8-10-17(11-9-15)14-21-13-16(2)20-12-19(21)18-6-4-3-5-7-18/h8-11,16,18-20H,3-7,12-14H2,1-2H3. The molecule has 2 unspecified atom stereocenters. The Morgan fingerprint density at radius 1 is 1.10 bits per heavy atom. The number of rotatable bonds is 3. The predicted molar refractivity (Wildman–Crippen MR) is 89.4 cm³/mol. The summed E-state index contributed by atoms with van der Waals surface area (Å²) in [4.78, 5) is 2.75. The molecule has 1 saturated heterocycles. The molecular weight excluding hydrogens is 256 g/mol. The van der Waals surface area contributed by atoms with E-state index in [-0.39, 0.29) is 0 Å². The van der Waals surface area contributed by atoms with Gasteiger partial charge in [-0.25, -0.2) is 0 Å². The highest BCUT2D eigenvalue weighted by molar-refractivity contribution is 5.21. The van der Waals surface area contributed by atoms with E-state index in [1.165, 1.54) is 56.3 Å². The van der Waals surface area contributed by atoms with Gasteiger partial charge in [0.1, 0.15) is 0 Å². The van der Waals surface area contributed by atoms with Crippen LogP contribution >= 0.6 is 0 Å². The minimum absolute atomic E-state index is 0.621. The van der Waals surface area contributed by atoms with Crippen LogP contribution in [0.1, 0.15) is 50.2 Å². The third-order valence-corrected chi connectivity index (χ3v) is 5.35. The first kappa shape index (κ1) is 15.1. The van der Waals surface area contributed by atoms with Gasteiger partial charge < -0.3 is 5.32 Å². The van der Waals surface area contributed by atoms with Crippen molar-refractivity contribution in [3.63, 3.8) is 0 Å². The Bertz CT molecular complexity index is 433. The molecule has 1 aromatic carbocycles. The molecule has 2 aliphatic rings. The summed E-state index contributed by atoms with van der Waals surface area (Å²) in [6.45, 7) is 7.97. The van der Waals surface area contributed by atoms with Crippen molar-refractivity contribution in [3.05, 3.63) is 35.4 Å².